The summed E-state index contributed by atoms with van der Waals surface area (Å²) in [7, 11) is 0. The van der Waals surface area contributed by atoms with Crippen molar-refractivity contribution < 1.29 is 19.1 Å². The van der Waals surface area contributed by atoms with Crippen molar-refractivity contribution in [2.45, 2.75) is 12.8 Å². The highest BCUT2D eigenvalue weighted by atomic mass is 19.1. The first kappa shape index (κ1) is 14.9. The molecule has 0 aliphatic rings. The van der Waals surface area contributed by atoms with Crippen molar-refractivity contribution in [3.8, 4) is 0 Å². The van der Waals surface area contributed by atoms with E-state index in [9.17, 15) is 14.0 Å². The third kappa shape index (κ3) is 5.33. The number of nitrogens with zero attached hydrogens (tertiary/aromatic N) is 1. The predicted molar refractivity (Wildman–Crippen MR) is 69.1 cm³/mol. The van der Waals surface area contributed by atoms with Crippen LogP contribution >= 0.6 is 0 Å². The van der Waals surface area contributed by atoms with Gasteiger partial charge in [0.25, 0.3) is 0 Å². The summed E-state index contributed by atoms with van der Waals surface area (Å²) in [5.74, 6) is -1.51. The Labute approximate surface area is 111 Å². The maximum Gasteiger partial charge on any atom is 0.305 e. The number of amides is 1. The van der Waals surface area contributed by atoms with Gasteiger partial charge in [0.05, 0.1) is 12.8 Å². The number of carbonyl (C=O) groups excluding carboxylic acids is 1. The Morgan fingerprint density at radius 2 is 1.95 bits per heavy atom. The molecule has 0 bridgehead atoms. The van der Waals surface area contributed by atoms with Crippen molar-refractivity contribution in [2.75, 3.05) is 13.1 Å². The van der Waals surface area contributed by atoms with Gasteiger partial charge in [0.2, 0.25) is 5.91 Å². The summed E-state index contributed by atoms with van der Waals surface area (Å²) in [4.78, 5) is 23.9. The van der Waals surface area contributed by atoms with Crippen molar-refractivity contribution in [2.24, 2.45) is 0 Å². The van der Waals surface area contributed by atoms with Crippen LogP contribution in [0.2, 0.25) is 0 Å². The topological polar surface area (TPSA) is 57.6 Å². The summed E-state index contributed by atoms with van der Waals surface area (Å²) in [5.41, 5.74) is 0.691. The predicted octanol–water partition coefficient (Wildman–Crippen LogP) is 1.86. The van der Waals surface area contributed by atoms with Gasteiger partial charge >= 0.3 is 5.97 Å². The number of hydrogen-bond acceptors (Lipinski definition) is 2. The van der Waals surface area contributed by atoms with E-state index in [1.165, 1.54) is 29.2 Å². The Kier molecular flexibility index (Phi) is 5.73. The van der Waals surface area contributed by atoms with Crippen LogP contribution in [0.3, 0.4) is 0 Å². The molecule has 102 valence electrons. The first-order valence-corrected chi connectivity index (χ1v) is 5.88. The zero-order chi connectivity index (χ0) is 14.3. The van der Waals surface area contributed by atoms with E-state index in [-0.39, 0.29) is 31.1 Å². The van der Waals surface area contributed by atoms with Gasteiger partial charge in [-0.2, -0.15) is 0 Å². The minimum absolute atomic E-state index is 0.108. The number of hydrogen-bond donors (Lipinski definition) is 1. The molecule has 1 aromatic carbocycles. The Balaban J connectivity index is 2.62. The summed E-state index contributed by atoms with van der Waals surface area (Å²) >= 11 is 0. The number of aliphatic carboxylic acids is 1. The standard InChI is InChI=1S/C14H16FNO3/c1-2-8-16(9-7-14(18)19)13(17)10-11-3-5-12(15)6-4-11/h2-6H,1,7-10H2,(H,18,19). The zero-order valence-corrected chi connectivity index (χ0v) is 10.5. The second kappa shape index (κ2) is 7.31. The Hall–Kier alpha value is -2.17. The van der Waals surface area contributed by atoms with E-state index < -0.39 is 5.97 Å². The van der Waals surface area contributed by atoms with E-state index in [1.54, 1.807) is 6.08 Å². The molecular weight excluding hydrogens is 249 g/mol. The second-order valence-corrected chi connectivity index (χ2v) is 4.08. The number of carboxylic acids is 1. The molecular formula is C14H16FNO3. The van der Waals surface area contributed by atoms with Crippen LogP contribution in [0.25, 0.3) is 0 Å². The molecule has 1 N–H and O–H groups in total. The maximum atomic E-state index is 12.7. The molecule has 0 fully saturated rings. The number of rotatable bonds is 7. The van der Waals surface area contributed by atoms with Gasteiger partial charge in [0, 0.05) is 13.1 Å². The highest BCUT2D eigenvalue weighted by Crippen LogP contribution is 2.06. The van der Waals surface area contributed by atoms with Crippen LogP contribution in [0.1, 0.15) is 12.0 Å². The second-order valence-electron chi connectivity index (χ2n) is 4.08. The van der Waals surface area contributed by atoms with Gasteiger partial charge in [-0.15, -0.1) is 6.58 Å². The van der Waals surface area contributed by atoms with E-state index in [0.29, 0.717) is 12.1 Å². The highest BCUT2D eigenvalue weighted by molar-refractivity contribution is 5.79. The number of benzene rings is 1. The van der Waals surface area contributed by atoms with Crippen molar-refractivity contribution in [1.29, 1.82) is 0 Å². The Morgan fingerprint density at radius 1 is 1.32 bits per heavy atom. The van der Waals surface area contributed by atoms with Gasteiger partial charge in [0.15, 0.2) is 0 Å². The normalized spacial score (nSPS) is 9.95. The van der Waals surface area contributed by atoms with Crippen molar-refractivity contribution in [3.63, 3.8) is 0 Å². The average molecular weight is 265 g/mol. The number of halogens is 1. The minimum Gasteiger partial charge on any atom is -0.481 e. The van der Waals surface area contributed by atoms with Gasteiger partial charge in [-0.1, -0.05) is 18.2 Å². The molecule has 0 aromatic heterocycles. The van der Waals surface area contributed by atoms with Gasteiger partial charge in [-0.05, 0) is 17.7 Å². The van der Waals surface area contributed by atoms with Crippen LogP contribution in [0.15, 0.2) is 36.9 Å². The summed E-state index contributed by atoms with van der Waals surface area (Å²) < 4.78 is 12.7. The fourth-order valence-electron chi connectivity index (χ4n) is 1.59. The third-order valence-corrected chi connectivity index (χ3v) is 2.57. The molecule has 5 heteroatoms. The fraction of sp³-hybridized carbons (Fsp3) is 0.286. The lowest BCUT2D eigenvalue weighted by Gasteiger charge is -2.20. The molecule has 0 unspecified atom stereocenters. The van der Waals surface area contributed by atoms with E-state index in [1.807, 2.05) is 0 Å². The van der Waals surface area contributed by atoms with Gasteiger partial charge in [-0.25, -0.2) is 4.39 Å². The molecule has 1 amide bonds. The summed E-state index contributed by atoms with van der Waals surface area (Å²) in [6.07, 6.45) is 1.56. The van der Waals surface area contributed by atoms with Crippen molar-refractivity contribution in [1.82, 2.24) is 4.90 Å². The maximum absolute atomic E-state index is 12.7. The van der Waals surface area contributed by atoms with E-state index in [2.05, 4.69) is 6.58 Å². The smallest absolute Gasteiger partial charge is 0.305 e. The molecule has 0 aliphatic carbocycles. The molecule has 4 nitrogen and oxygen atoms in total. The lowest BCUT2D eigenvalue weighted by atomic mass is 10.1. The molecule has 0 aliphatic heterocycles. The van der Waals surface area contributed by atoms with Crippen LogP contribution in [0.4, 0.5) is 4.39 Å². The summed E-state index contributed by atoms with van der Waals surface area (Å²) in [6, 6.07) is 5.66. The lowest BCUT2D eigenvalue weighted by molar-refractivity contribution is -0.138. The minimum atomic E-state index is -0.955. The molecule has 0 radical (unpaired) electrons. The van der Waals surface area contributed by atoms with Crippen LogP contribution in [0, 0.1) is 5.82 Å². The van der Waals surface area contributed by atoms with E-state index in [0.717, 1.165) is 0 Å². The zero-order valence-electron chi connectivity index (χ0n) is 10.5. The average Bonchev–Trinajstić information content (AvgIpc) is 2.37. The molecule has 0 spiro atoms. The summed E-state index contributed by atoms with van der Waals surface area (Å²) in [5, 5.41) is 8.63. The lowest BCUT2D eigenvalue weighted by Crippen LogP contribution is -2.34. The Morgan fingerprint density at radius 3 is 2.47 bits per heavy atom. The molecule has 19 heavy (non-hydrogen) atoms. The third-order valence-electron chi connectivity index (χ3n) is 2.57. The molecule has 0 heterocycles. The van der Waals surface area contributed by atoms with Crippen molar-refractivity contribution in [3.05, 3.63) is 48.3 Å². The molecule has 0 saturated heterocycles. The Bertz CT molecular complexity index is 456. The molecule has 0 atom stereocenters. The molecule has 1 rings (SSSR count). The SMILES string of the molecule is C=CCN(CCC(=O)O)C(=O)Cc1ccc(F)cc1. The van der Waals surface area contributed by atoms with Gasteiger partial charge in [-0.3, -0.25) is 9.59 Å². The van der Waals surface area contributed by atoms with Gasteiger partial charge < -0.3 is 10.0 Å². The first-order valence-electron chi connectivity index (χ1n) is 5.88. The fourth-order valence-corrected chi connectivity index (χ4v) is 1.59. The van der Waals surface area contributed by atoms with Crippen LogP contribution < -0.4 is 0 Å². The van der Waals surface area contributed by atoms with Gasteiger partial charge in [0.1, 0.15) is 5.82 Å². The molecule has 1 aromatic rings. The number of carbonyl (C=O) groups is 2. The number of carboxylic acid groups (broad SMARTS) is 1. The molecule has 0 saturated carbocycles. The first-order chi connectivity index (χ1) is 9.02. The highest BCUT2D eigenvalue weighted by Gasteiger charge is 2.14. The van der Waals surface area contributed by atoms with Crippen LogP contribution in [-0.2, 0) is 16.0 Å². The van der Waals surface area contributed by atoms with Crippen LogP contribution in [0.5, 0.6) is 0 Å². The van der Waals surface area contributed by atoms with E-state index in [4.69, 9.17) is 5.11 Å². The van der Waals surface area contributed by atoms with Crippen LogP contribution in [-0.4, -0.2) is 35.0 Å². The monoisotopic (exact) mass is 265 g/mol. The van der Waals surface area contributed by atoms with Crippen molar-refractivity contribution >= 4 is 11.9 Å². The largest absolute Gasteiger partial charge is 0.481 e. The van der Waals surface area contributed by atoms with E-state index >= 15 is 0 Å². The summed E-state index contributed by atoms with van der Waals surface area (Å²) in [6.45, 7) is 3.98. The quantitative estimate of drug-likeness (QED) is 0.765.